The maximum atomic E-state index is 10.3. The van der Waals surface area contributed by atoms with E-state index >= 15 is 0 Å². The second-order valence-electron chi connectivity index (χ2n) is 7.23. The molecule has 1 aliphatic carbocycles. The van der Waals surface area contributed by atoms with E-state index in [1.165, 1.54) is 0 Å². The van der Waals surface area contributed by atoms with Gasteiger partial charge in [-0.15, -0.1) is 0 Å². The number of pyridine rings is 1. The van der Waals surface area contributed by atoms with Crippen LogP contribution in [0.1, 0.15) is 42.4 Å². The Labute approximate surface area is 175 Å². The molecule has 2 aromatic heterocycles. The van der Waals surface area contributed by atoms with E-state index in [2.05, 4.69) is 39.0 Å². The van der Waals surface area contributed by atoms with Crippen LogP contribution in [0.25, 0.3) is 0 Å². The molecule has 0 saturated heterocycles. The molecule has 3 rings (SSSR count). The van der Waals surface area contributed by atoms with Crippen molar-refractivity contribution in [3.63, 3.8) is 0 Å². The van der Waals surface area contributed by atoms with Gasteiger partial charge in [0.05, 0.1) is 12.1 Å². The Kier molecular flexibility index (Phi) is 7.04. The highest BCUT2D eigenvalue weighted by Crippen LogP contribution is 2.30. The fraction of sp³-hybridized carbons (Fsp3) is 0.476. The second-order valence-corrected chi connectivity index (χ2v) is 7.59. The molecule has 0 spiro atoms. The molecule has 29 heavy (non-hydrogen) atoms. The average Bonchev–Trinajstić information content (AvgIpc) is 2.96. The van der Waals surface area contributed by atoms with Crippen molar-refractivity contribution >= 4 is 17.4 Å². The number of aromatic nitrogens is 3. The third-order valence-electron chi connectivity index (χ3n) is 5.00. The molecule has 0 radical (unpaired) electrons. The van der Waals surface area contributed by atoms with Crippen molar-refractivity contribution in [3.05, 3.63) is 46.1 Å². The highest BCUT2D eigenvalue weighted by molar-refractivity contribution is 6.30. The van der Waals surface area contributed by atoms with Gasteiger partial charge in [-0.25, -0.2) is 9.97 Å². The highest BCUT2D eigenvalue weighted by Gasteiger charge is 2.41. The van der Waals surface area contributed by atoms with Crippen molar-refractivity contribution in [2.45, 2.75) is 51.4 Å². The summed E-state index contributed by atoms with van der Waals surface area (Å²) in [6.45, 7) is 3.61. The van der Waals surface area contributed by atoms with Crippen LogP contribution in [-0.2, 0) is 6.42 Å². The maximum Gasteiger partial charge on any atom is 0.150 e. The topological polar surface area (TPSA) is 111 Å². The van der Waals surface area contributed by atoms with Gasteiger partial charge in [0.2, 0.25) is 0 Å². The number of anilines is 1. The van der Waals surface area contributed by atoms with Crippen molar-refractivity contribution in [1.82, 2.24) is 15.0 Å². The van der Waals surface area contributed by atoms with E-state index in [1.54, 1.807) is 13.1 Å². The van der Waals surface area contributed by atoms with Crippen molar-refractivity contribution < 1.29 is 15.3 Å². The molecule has 0 aliphatic heterocycles. The molecule has 7 nitrogen and oxygen atoms in total. The largest absolute Gasteiger partial charge is 0.396 e. The standard InChI is InChI=1S/C21H25ClN4O3/c1-3-4-15-7-5-13(10-23-15)6-8-16-20(22)24-12(2)25-21(16)26-17-9-14(11-27)18(28)19(17)29/h5,7,10,14,17-19,27-29H,3-4,9,11H2,1-2H3,(H,24,25,26)/t14-,17-,18-,19+/m1/s1. The van der Waals surface area contributed by atoms with Gasteiger partial charge in [-0.3, -0.25) is 4.98 Å². The first-order chi connectivity index (χ1) is 13.9. The summed E-state index contributed by atoms with van der Waals surface area (Å²) < 4.78 is 0. The number of rotatable bonds is 5. The normalized spacial score (nSPS) is 23.5. The Hall–Kier alpha value is -2.24. The van der Waals surface area contributed by atoms with Gasteiger partial charge in [0, 0.05) is 30.0 Å². The van der Waals surface area contributed by atoms with Gasteiger partial charge in [-0.2, -0.15) is 0 Å². The van der Waals surface area contributed by atoms with Gasteiger partial charge in [-0.1, -0.05) is 36.8 Å². The number of nitrogens with one attached hydrogen (secondary N) is 1. The monoisotopic (exact) mass is 416 g/mol. The Morgan fingerprint density at radius 3 is 2.62 bits per heavy atom. The lowest BCUT2D eigenvalue weighted by molar-refractivity contribution is 0.00445. The van der Waals surface area contributed by atoms with Crippen molar-refractivity contribution in [1.29, 1.82) is 0 Å². The zero-order chi connectivity index (χ0) is 21.0. The number of aliphatic hydroxyl groups excluding tert-OH is 3. The molecule has 8 heteroatoms. The minimum Gasteiger partial charge on any atom is -0.396 e. The van der Waals surface area contributed by atoms with Crippen molar-refractivity contribution in [3.8, 4) is 11.8 Å². The molecule has 4 N–H and O–H groups in total. The SMILES string of the molecule is CCCc1ccc(C#Cc2c(Cl)nc(C)nc2N[C@@H]2C[C@H](CO)[C@@H](O)[C@H]2O)cn1. The van der Waals surface area contributed by atoms with Crippen molar-refractivity contribution in [2.24, 2.45) is 5.92 Å². The molecule has 0 bridgehead atoms. The minimum absolute atomic E-state index is 0.201. The third kappa shape index (κ3) is 5.03. The van der Waals surface area contributed by atoms with E-state index in [0.29, 0.717) is 23.6 Å². The summed E-state index contributed by atoms with van der Waals surface area (Å²) in [7, 11) is 0. The lowest BCUT2D eigenvalue weighted by Crippen LogP contribution is -2.35. The molecule has 0 unspecified atom stereocenters. The second kappa shape index (κ2) is 9.51. The smallest absolute Gasteiger partial charge is 0.150 e. The Balaban J connectivity index is 1.87. The molecule has 1 aliphatic rings. The van der Waals surface area contributed by atoms with E-state index in [1.807, 2.05) is 12.1 Å². The van der Waals surface area contributed by atoms with Gasteiger partial charge in [0.15, 0.2) is 5.15 Å². The summed E-state index contributed by atoms with van der Waals surface area (Å²) in [5.74, 6) is 6.47. The fourth-order valence-corrected chi connectivity index (χ4v) is 3.67. The number of aliphatic hydroxyl groups is 3. The van der Waals surface area contributed by atoms with Gasteiger partial charge < -0.3 is 20.6 Å². The Bertz CT molecular complexity index is 911. The number of hydrogen-bond acceptors (Lipinski definition) is 7. The van der Waals surface area contributed by atoms with Crippen LogP contribution in [0.3, 0.4) is 0 Å². The lowest BCUT2D eigenvalue weighted by Gasteiger charge is -2.19. The average molecular weight is 417 g/mol. The minimum atomic E-state index is -1.03. The van der Waals surface area contributed by atoms with Crippen LogP contribution < -0.4 is 5.32 Å². The summed E-state index contributed by atoms with van der Waals surface area (Å²) in [5.41, 5.74) is 2.16. The summed E-state index contributed by atoms with van der Waals surface area (Å²) in [6.07, 6.45) is 2.04. The molecule has 0 aromatic carbocycles. The van der Waals surface area contributed by atoms with Gasteiger partial charge in [0.25, 0.3) is 0 Å². The number of hydrogen-bond donors (Lipinski definition) is 4. The van der Waals surface area contributed by atoms with E-state index in [4.69, 9.17) is 11.6 Å². The van der Waals surface area contributed by atoms with E-state index in [-0.39, 0.29) is 11.8 Å². The van der Waals surface area contributed by atoms with E-state index < -0.39 is 24.2 Å². The van der Waals surface area contributed by atoms with Crippen LogP contribution in [-0.4, -0.2) is 55.1 Å². The first kappa shape index (κ1) is 21.5. The lowest BCUT2D eigenvalue weighted by atomic mass is 10.1. The summed E-state index contributed by atoms with van der Waals surface area (Å²) in [5, 5.41) is 33.0. The van der Waals surface area contributed by atoms with Crippen LogP contribution in [0.2, 0.25) is 5.15 Å². The molecule has 4 atom stereocenters. The summed E-state index contributed by atoms with van der Waals surface area (Å²) >= 11 is 6.31. The maximum absolute atomic E-state index is 10.3. The van der Waals surface area contributed by atoms with Crippen LogP contribution >= 0.6 is 11.6 Å². The molecular formula is C21H25ClN4O3. The molecule has 2 heterocycles. The Morgan fingerprint density at radius 2 is 2.00 bits per heavy atom. The summed E-state index contributed by atoms with van der Waals surface area (Å²) in [4.78, 5) is 12.9. The van der Waals surface area contributed by atoms with Gasteiger partial charge in [-0.05, 0) is 31.9 Å². The van der Waals surface area contributed by atoms with Crippen LogP contribution in [0, 0.1) is 24.7 Å². The molecular weight excluding hydrogens is 392 g/mol. The quantitative estimate of drug-likeness (QED) is 0.433. The Morgan fingerprint density at radius 1 is 1.21 bits per heavy atom. The molecule has 154 valence electrons. The van der Waals surface area contributed by atoms with Crippen LogP contribution in [0.15, 0.2) is 18.3 Å². The zero-order valence-electron chi connectivity index (χ0n) is 16.4. The van der Waals surface area contributed by atoms with E-state index in [0.717, 1.165) is 24.1 Å². The van der Waals surface area contributed by atoms with E-state index in [9.17, 15) is 15.3 Å². The predicted octanol–water partition coefficient (Wildman–Crippen LogP) is 1.70. The molecule has 1 saturated carbocycles. The summed E-state index contributed by atoms with van der Waals surface area (Å²) in [6, 6.07) is 3.37. The number of aryl methyl sites for hydroxylation is 2. The number of halogens is 1. The predicted molar refractivity (Wildman–Crippen MR) is 111 cm³/mol. The van der Waals surface area contributed by atoms with Crippen LogP contribution in [0.5, 0.6) is 0 Å². The van der Waals surface area contributed by atoms with Crippen LogP contribution in [0.4, 0.5) is 5.82 Å². The van der Waals surface area contributed by atoms with Gasteiger partial charge >= 0.3 is 0 Å². The molecule has 0 amide bonds. The first-order valence-electron chi connectivity index (χ1n) is 9.67. The third-order valence-corrected chi connectivity index (χ3v) is 5.27. The van der Waals surface area contributed by atoms with Gasteiger partial charge in [0.1, 0.15) is 23.3 Å². The molecule has 1 fully saturated rings. The highest BCUT2D eigenvalue weighted by atomic mass is 35.5. The zero-order valence-corrected chi connectivity index (χ0v) is 17.2. The fourth-order valence-electron chi connectivity index (χ4n) is 3.42. The molecule has 2 aromatic rings. The van der Waals surface area contributed by atoms with Crippen molar-refractivity contribution in [2.75, 3.05) is 11.9 Å². The first-order valence-corrected chi connectivity index (χ1v) is 10.0. The number of nitrogens with zero attached hydrogens (tertiary/aromatic N) is 3.